The molecule has 1 aliphatic rings. The van der Waals surface area contributed by atoms with Crippen molar-refractivity contribution in [3.8, 4) is 0 Å². The van der Waals surface area contributed by atoms with Crippen LogP contribution < -0.4 is 10.6 Å². The first kappa shape index (κ1) is 20.7. The number of piperazine rings is 1. The maximum atomic E-state index is 4.77. The third-order valence-corrected chi connectivity index (χ3v) is 5.00. The Morgan fingerprint density at radius 3 is 2.27 bits per heavy atom. The molecule has 2 rings (SSSR count). The van der Waals surface area contributed by atoms with Gasteiger partial charge in [-0.25, -0.2) is 4.99 Å². The van der Waals surface area contributed by atoms with Gasteiger partial charge in [-0.15, -0.1) is 0 Å². The van der Waals surface area contributed by atoms with Crippen LogP contribution in [0.3, 0.4) is 0 Å². The molecule has 0 radical (unpaired) electrons. The smallest absolute Gasteiger partial charge is 0.191 e. The molecule has 5 nitrogen and oxygen atoms in total. The Bertz CT molecular complexity index is 518. The zero-order chi connectivity index (χ0) is 18.6. The minimum absolute atomic E-state index is 0.719. The van der Waals surface area contributed by atoms with Gasteiger partial charge in [0.15, 0.2) is 5.96 Å². The van der Waals surface area contributed by atoms with Gasteiger partial charge in [-0.1, -0.05) is 50.1 Å². The lowest BCUT2D eigenvalue weighted by molar-refractivity contribution is 0.139. The van der Waals surface area contributed by atoms with Crippen LogP contribution in [0.2, 0.25) is 0 Å². The average Bonchev–Trinajstić information content (AvgIpc) is 2.67. The van der Waals surface area contributed by atoms with Gasteiger partial charge in [0.25, 0.3) is 0 Å². The molecule has 1 aromatic rings. The van der Waals surface area contributed by atoms with Gasteiger partial charge < -0.3 is 15.5 Å². The third kappa shape index (κ3) is 7.75. The van der Waals surface area contributed by atoms with Gasteiger partial charge in [0.05, 0.1) is 6.54 Å². The second-order valence-electron chi connectivity index (χ2n) is 7.13. The van der Waals surface area contributed by atoms with Crippen LogP contribution in [0.25, 0.3) is 0 Å². The average molecular weight is 360 g/mol. The van der Waals surface area contributed by atoms with Crippen molar-refractivity contribution in [1.82, 2.24) is 20.4 Å². The maximum Gasteiger partial charge on any atom is 0.191 e. The molecule has 0 unspecified atom stereocenters. The molecule has 0 spiro atoms. The standard InChI is InChI=1S/C21H37N5/c1-4-6-11-22-21(24-18-20-9-7-19(3)8-10-20)23-12-13-26-16-14-25(5-2)15-17-26/h7-10H,4-6,11-18H2,1-3H3,(H2,22,23,24). The van der Waals surface area contributed by atoms with Gasteiger partial charge in [0.2, 0.25) is 0 Å². The lowest BCUT2D eigenvalue weighted by Crippen LogP contribution is -2.49. The molecule has 146 valence electrons. The van der Waals surface area contributed by atoms with Crippen molar-refractivity contribution >= 4 is 5.96 Å². The Balaban J connectivity index is 1.78. The molecule has 1 aromatic carbocycles. The fourth-order valence-electron chi connectivity index (χ4n) is 3.08. The molecule has 0 amide bonds. The number of unbranched alkanes of at least 4 members (excludes halogenated alkanes) is 1. The molecule has 0 aromatic heterocycles. The van der Waals surface area contributed by atoms with Gasteiger partial charge in [0.1, 0.15) is 0 Å². The lowest BCUT2D eigenvalue weighted by atomic mass is 10.1. The Kier molecular flexibility index (Phi) is 9.50. The molecule has 0 atom stereocenters. The van der Waals surface area contributed by atoms with Gasteiger partial charge >= 0.3 is 0 Å². The van der Waals surface area contributed by atoms with E-state index in [9.17, 15) is 0 Å². The van der Waals surface area contributed by atoms with E-state index >= 15 is 0 Å². The monoisotopic (exact) mass is 359 g/mol. The summed E-state index contributed by atoms with van der Waals surface area (Å²) in [5, 5.41) is 6.98. The Hall–Kier alpha value is -1.59. The molecule has 1 aliphatic heterocycles. The summed E-state index contributed by atoms with van der Waals surface area (Å²) in [4.78, 5) is 9.83. The van der Waals surface area contributed by atoms with Crippen LogP contribution in [-0.4, -0.2) is 68.1 Å². The minimum Gasteiger partial charge on any atom is -0.356 e. The lowest BCUT2D eigenvalue weighted by Gasteiger charge is -2.34. The summed E-state index contributed by atoms with van der Waals surface area (Å²) in [6.07, 6.45) is 2.37. The molecule has 0 saturated carbocycles. The van der Waals surface area contributed by atoms with E-state index < -0.39 is 0 Å². The number of rotatable bonds is 9. The van der Waals surface area contributed by atoms with Crippen LogP contribution in [-0.2, 0) is 6.54 Å². The van der Waals surface area contributed by atoms with E-state index in [0.717, 1.165) is 32.1 Å². The Morgan fingerprint density at radius 1 is 0.962 bits per heavy atom. The summed E-state index contributed by atoms with van der Waals surface area (Å²) in [5.74, 6) is 0.936. The topological polar surface area (TPSA) is 42.9 Å². The van der Waals surface area contributed by atoms with Crippen LogP contribution in [0.15, 0.2) is 29.3 Å². The van der Waals surface area contributed by atoms with E-state index in [-0.39, 0.29) is 0 Å². The van der Waals surface area contributed by atoms with Crippen LogP contribution in [0.4, 0.5) is 0 Å². The van der Waals surface area contributed by atoms with E-state index in [2.05, 4.69) is 65.5 Å². The number of nitrogens with zero attached hydrogens (tertiary/aromatic N) is 3. The number of guanidine groups is 1. The predicted octanol–water partition coefficient (Wildman–Crippen LogP) is 2.47. The highest BCUT2D eigenvalue weighted by molar-refractivity contribution is 5.79. The number of aryl methyl sites for hydroxylation is 1. The number of nitrogens with one attached hydrogen (secondary N) is 2. The molecule has 1 heterocycles. The molecule has 1 saturated heterocycles. The van der Waals surface area contributed by atoms with Crippen LogP contribution in [0, 0.1) is 6.92 Å². The molecule has 0 aliphatic carbocycles. The van der Waals surface area contributed by atoms with Crippen LogP contribution in [0.5, 0.6) is 0 Å². The van der Waals surface area contributed by atoms with Crippen molar-refractivity contribution in [3.05, 3.63) is 35.4 Å². The van der Waals surface area contributed by atoms with E-state index in [1.807, 2.05) is 0 Å². The number of likely N-dealkylation sites (N-methyl/N-ethyl adjacent to an activating group) is 1. The maximum absolute atomic E-state index is 4.77. The van der Waals surface area contributed by atoms with Crippen molar-refractivity contribution in [2.24, 2.45) is 4.99 Å². The predicted molar refractivity (Wildman–Crippen MR) is 112 cm³/mol. The first-order valence-electron chi connectivity index (χ1n) is 10.2. The highest BCUT2D eigenvalue weighted by Crippen LogP contribution is 2.04. The van der Waals surface area contributed by atoms with Crippen LogP contribution in [0.1, 0.15) is 37.8 Å². The van der Waals surface area contributed by atoms with E-state index in [0.29, 0.717) is 0 Å². The van der Waals surface area contributed by atoms with Gasteiger partial charge in [-0.2, -0.15) is 0 Å². The summed E-state index contributed by atoms with van der Waals surface area (Å²) in [5.41, 5.74) is 2.54. The minimum atomic E-state index is 0.719. The number of aliphatic imine (C=N–C) groups is 1. The fraction of sp³-hybridized carbons (Fsp3) is 0.667. The van der Waals surface area contributed by atoms with E-state index in [1.54, 1.807) is 0 Å². The fourth-order valence-corrected chi connectivity index (χ4v) is 3.08. The summed E-state index contributed by atoms with van der Waals surface area (Å²) in [6.45, 7) is 16.2. The van der Waals surface area contributed by atoms with Gasteiger partial charge in [-0.3, -0.25) is 4.90 Å². The van der Waals surface area contributed by atoms with Crippen molar-refractivity contribution in [1.29, 1.82) is 0 Å². The van der Waals surface area contributed by atoms with Crippen molar-refractivity contribution in [2.45, 2.75) is 40.2 Å². The summed E-state index contributed by atoms with van der Waals surface area (Å²) >= 11 is 0. The van der Waals surface area contributed by atoms with Crippen molar-refractivity contribution < 1.29 is 0 Å². The quantitative estimate of drug-likeness (QED) is 0.404. The first-order valence-corrected chi connectivity index (χ1v) is 10.2. The molecule has 5 heteroatoms. The Labute approximate surface area is 159 Å². The molecule has 2 N–H and O–H groups in total. The third-order valence-electron chi connectivity index (χ3n) is 5.00. The van der Waals surface area contributed by atoms with Crippen LogP contribution >= 0.6 is 0 Å². The van der Waals surface area contributed by atoms with Crippen molar-refractivity contribution in [3.63, 3.8) is 0 Å². The van der Waals surface area contributed by atoms with Gasteiger partial charge in [-0.05, 0) is 25.5 Å². The normalized spacial score (nSPS) is 16.7. The highest BCUT2D eigenvalue weighted by Gasteiger charge is 2.14. The van der Waals surface area contributed by atoms with E-state index in [1.165, 1.54) is 56.7 Å². The van der Waals surface area contributed by atoms with E-state index in [4.69, 9.17) is 4.99 Å². The number of hydrogen-bond acceptors (Lipinski definition) is 3. The zero-order valence-corrected chi connectivity index (χ0v) is 16.9. The molecule has 26 heavy (non-hydrogen) atoms. The van der Waals surface area contributed by atoms with Gasteiger partial charge in [0, 0.05) is 45.8 Å². The number of hydrogen-bond donors (Lipinski definition) is 2. The second kappa shape index (κ2) is 11.9. The largest absolute Gasteiger partial charge is 0.356 e. The number of benzene rings is 1. The summed E-state index contributed by atoms with van der Waals surface area (Å²) in [7, 11) is 0. The summed E-state index contributed by atoms with van der Waals surface area (Å²) in [6, 6.07) is 8.63. The summed E-state index contributed by atoms with van der Waals surface area (Å²) < 4.78 is 0. The second-order valence-corrected chi connectivity index (χ2v) is 7.13. The molecular weight excluding hydrogens is 322 g/mol. The first-order chi connectivity index (χ1) is 12.7. The Morgan fingerprint density at radius 2 is 1.62 bits per heavy atom. The molecule has 0 bridgehead atoms. The zero-order valence-electron chi connectivity index (χ0n) is 16.9. The SMILES string of the molecule is CCCCNC(=NCc1ccc(C)cc1)NCCN1CCN(CC)CC1. The molecule has 1 fully saturated rings. The highest BCUT2D eigenvalue weighted by atomic mass is 15.3. The molecular formula is C21H37N5. The van der Waals surface area contributed by atoms with Crippen molar-refractivity contribution in [2.75, 3.05) is 52.4 Å².